The Bertz CT molecular complexity index is 409. The van der Waals surface area contributed by atoms with Crippen LogP contribution in [0, 0.1) is 5.92 Å². The number of hydrogen-bond acceptors (Lipinski definition) is 4. The summed E-state index contributed by atoms with van der Waals surface area (Å²) in [6.45, 7) is 2.81. The number of nitrogens with two attached hydrogens (primary N) is 1. The van der Waals surface area contributed by atoms with E-state index < -0.39 is 0 Å². The van der Waals surface area contributed by atoms with Crippen LogP contribution < -0.4 is 11.1 Å². The molecule has 0 bridgehead atoms. The monoisotopic (exact) mass is 265 g/mol. The van der Waals surface area contributed by atoms with E-state index in [1.807, 2.05) is 0 Å². The first-order valence-corrected chi connectivity index (χ1v) is 7.09. The van der Waals surface area contributed by atoms with Crippen molar-refractivity contribution in [1.82, 2.24) is 20.3 Å². The van der Waals surface area contributed by atoms with Crippen molar-refractivity contribution >= 4 is 5.91 Å². The average Bonchev–Trinajstić information content (AvgIpc) is 2.87. The summed E-state index contributed by atoms with van der Waals surface area (Å²) in [7, 11) is 0. The Morgan fingerprint density at radius 3 is 2.79 bits per heavy atom. The zero-order chi connectivity index (χ0) is 13.7. The fourth-order valence-corrected chi connectivity index (χ4v) is 2.64. The van der Waals surface area contributed by atoms with E-state index in [0.717, 1.165) is 18.8 Å². The molecule has 106 valence electrons. The van der Waals surface area contributed by atoms with Crippen LogP contribution in [-0.4, -0.2) is 26.9 Å². The van der Waals surface area contributed by atoms with E-state index in [9.17, 15) is 4.79 Å². The van der Waals surface area contributed by atoms with E-state index >= 15 is 0 Å². The minimum Gasteiger partial charge on any atom is -0.352 e. The molecule has 1 aliphatic rings. The molecule has 1 amide bonds. The molecular weight excluding hydrogens is 242 g/mol. The maximum Gasteiger partial charge on any atom is 0.242 e. The van der Waals surface area contributed by atoms with Crippen LogP contribution in [0.15, 0.2) is 6.20 Å². The first kappa shape index (κ1) is 14.0. The fraction of sp³-hybridized carbons (Fsp3) is 0.769. The van der Waals surface area contributed by atoms with E-state index in [1.165, 1.54) is 23.9 Å². The Labute approximate surface area is 113 Å². The summed E-state index contributed by atoms with van der Waals surface area (Å²) in [5.74, 6) is 0.851. The van der Waals surface area contributed by atoms with Crippen molar-refractivity contribution < 1.29 is 4.79 Å². The Hall–Kier alpha value is -1.43. The normalized spacial score (nSPS) is 23.3. The van der Waals surface area contributed by atoms with E-state index in [2.05, 4.69) is 22.6 Å². The molecule has 1 heterocycles. The summed E-state index contributed by atoms with van der Waals surface area (Å²) < 4.78 is 1.54. The van der Waals surface area contributed by atoms with Crippen LogP contribution in [-0.2, 0) is 17.9 Å². The SMILES string of the molecule is CCC1CCC(NC(=O)Cn2cc(CN)nn2)CC1. The highest BCUT2D eigenvalue weighted by atomic mass is 16.2. The van der Waals surface area contributed by atoms with E-state index in [4.69, 9.17) is 5.73 Å². The topological polar surface area (TPSA) is 85.8 Å². The molecular formula is C13H23N5O. The molecule has 1 aliphatic carbocycles. The predicted octanol–water partition coefficient (Wildman–Crippen LogP) is 0.822. The minimum absolute atomic E-state index is 0.00780. The lowest BCUT2D eigenvalue weighted by atomic mass is 9.84. The summed E-state index contributed by atoms with van der Waals surface area (Å²) in [4.78, 5) is 11.9. The largest absolute Gasteiger partial charge is 0.352 e. The van der Waals surface area contributed by atoms with Gasteiger partial charge in [0.25, 0.3) is 0 Å². The van der Waals surface area contributed by atoms with Gasteiger partial charge in [0.2, 0.25) is 5.91 Å². The van der Waals surface area contributed by atoms with Crippen molar-refractivity contribution in [3.8, 4) is 0 Å². The summed E-state index contributed by atoms with van der Waals surface area (Å²) >= 11 is 0. The molecule has 0 saturated heterocycles. The Morgan fingerprint density at radius 1 is 1.47 bits per heavy atom. The van der Waals surface area contributed by atoms with Crippen molar-refractivity contribution in [3.63, 3.8) is 0 Å². The van der Waals surface area contributed by atoms with Gasteiger partial charge >= 0.3 is 0 Å². The lowest BCUT2D eigenvalue weighted by Gasteiger charge is -2.28. The van der Waals surface area contributed by atoms with Gasteiger partial charge in [-0.15, -0.1) is 5.10 Å². The second-order valence-corrected chi connectivity index (χ2v) is 5.30. The van der Waals surface area contributed by atoms with Crippen molar-refractivity contribution in [2.24, 2.45) is 11.7 Å². The number of hydrogen-bond donors (Lipinski definition) is 2. The number of rotatable bonds is 5. The summed E-state index contributed by atoms with van der Waals surface area (Å²) in [5.41, 5.74) is 6.16. The molecule has 0 atom stereocenters. The van der Waals surface area contributed by atoms with Gasteiger partial charge in [-0.3, -0.25) is 4.79 Å². The molecule has 0 aliphatic heterocycles. The average molecular weight is 265 g/mol. The molecule has 1 aromatic heterocycles. The van der Waals surface area contributed by atoms with Crippen molar-refractivity contribution in [3.05, 3.63) is 11.9 Å². The van der Waals surface area contributed by atoms with Gasteiger partial charge in [-0.1, -0.05) is 18.6 Å². The highest BCUT2D eigenvalue weighted by Gasteiger charge is 2.21. The Kier molecular flexibility index (Phi) is 4.90. The van der Waals surface area contributed by atoms with Gasteiger partial charge in [-0.25, -0.2) is 4.68 Å². The second-order valence-electron chi connectivity index (χ2n) is 5.30. The number of aromatic nitrogens is 3. The van der Waals surface area contributed by atoms with Crippen LogP contribution in [0.3, 0.4) is 0 Å². The number of nitrogens with zero attached hydrogens (tertiary/aromatic N) is 3. The zero-order valence-electron chi connectivity index (χ0n) is 11.5. The lowest BCUT2D eigenvalue weighted by Crippen LogP contribution is -2.39. The van der Waals surface area contributed by atoms with Crippen LogP contribution in [0.25, 0.3) is 0 Å². The van der Waals surface area contributed by atoms with Crippen LogP contribution >= 0.6 is 0 Å². The molecule has 1 aromatic rings. The highest BCUT2D eigenvalue weighted by Crippen LogP contribution is 2.26. The third kappa shape index (κ3) is 4.02. The zero-order valence-corrected chi connectivity index (χ0v) is 11.5. The molecule has 1 saturated carbocycles. The molecule has 6 nitrogen and oxygen atoms in total. The standard InChI is InChI=1S/C13H23N5O/c1-2-10-3-5-11(6-4-10)15-13(19)9-18-8-12(7-14)16-17-18/h8,10-11H,2-7,9,14H2,1H3,(H,15,19). The maximum atomic E-state index is 11.9. The van der Waals surface area contributed by atoms with Crippen LogP contribution in [0.1, 0.15) is 44.7 Å². The molecule has 6 heteroatoms. The quantitative estimate of drug-likeness (QED) is 0.825. The molecule has 3 N–H and O–H groups in total. The molecule has 0 radical (unpaired) electrons. The van der Waals surface area contributed by atoms with E-state index in [1.54, 1.807) is 6.20 Å². The second kappa shape index (κ2) is 6.65. The first-order chi connectivity index (χ1) is 9.21. The fourth-order valence-electron chi connectivity index (χ4n) is 2.64. The van der Waals surface area contributed by atoms with Crippen LogP contribution in [0.2, 0.25) is 0 Å². The van der Waals surface area contributed by atoms with Crippen LogP contribution in [0.5, 0.6) is 0 Å². The van der Waals surface area contributed by atoms with Gasteiger partial charge in [-0.05, 0) is 31.6 Å². The third-order valence-electron chi connectivity index (χ3n) is 3.89. The van der Waals surface area contributed by atoms with E-state index in [0.29, 0.717) is 18.3 Å². The Morgan fingerprint density at radius 2 is 2.21 bits per heavy atom. The minimum atomic E-state index is 0.00780. The lowest BCUT2D eigenvalue weighted by molar-refractivity contribution is -0.122. The van der Waals surface area contributed by atoms with Gasteiger partial charge in [0.05, 0.1) is 11.9 Å². The van der Waals surface area contributed by atoms with Gasteiger partial charge in [0.15, 0.2) is 0 Å². The van der Waals surface area contributed by atoms with Gasteiger partial charge in [0, 0.05) is 12.6 Å². The van der Waals surface area contributed by atoms with E-state index in [-0.39, 0.29) is 12.5 Å². The molecule has 1 fully saturated rings. The first-order valence-electron chi connectivity index (χ1n) is 7.09. The summed E-state index contributed by atoms with van der Waals surface area (Å²) in [6, 6.07) is 0.327. The van der Waals surface area contributed by atoms with Crippen LogP contribution in [0.4, 0.5) is 0 Å². The van der Waals surface area contributed by atoms with Crippen molar-refractivity contribution in [2.75, 3.05) is 0 Å². The van der Waals surface area contributed by atoms with Gasteiger partial charge in [0.1, 0.15) is 6.54 Å². The summed E-state index contributed by atoms with van der Waals surface area (Å²) in [6.07, 6.45) is 7.60. The molecule has 0 aromatic carbocycles. The molecule has 19 heavy (non-hydrogen) atoms. The number of carbonyl (C=O) groups excluding carboxylic acids is 1. The highest BCUT2D eigenvalue weighted by molar-refractivity contribution is 5.75. The molecule has 0 spiro atoms. The number of carbonyl (C=O) groups is 1. The third-order valence-corrected chi connectivity index (χ3v) is 3.89. The number of nitrogens with one attached hydrogen (secondary N) is 1. The predicted molar refractivity (Wildman–Crippen MR) is 72.1 cm³/mol. The maximum absolute atomic E-state index is 11.9. The van der Waals surface area contributed by atoms with Gasteiger partial charge < -0.3 is 11.1 Å². The van der Waals surface area contributed by atoms with Gasteiger partial charge in [-0.2, -0.15) is 0 Å². The summed E-state index contributed by atoms with van der Waals surface area (Å²) in [5, 5.41) is 10.8. The Balaban J connectivity index is 1.75. The smallest absolute Gasteiger partial charge is 0.242 e. The molecule has 2 rings (SSSR count). The van der Waals surface area contributed by atoms with Crippen molar-refractivity contribution in [2.45, 2.75) is 58.2 Å². The number of amides is 1. The molecule has 0 unspecified atom stereocenters. The van der Waals surface area contributed by atoms with Crippen molar-refractivity contribution in [1.29, 1.82) is 0 Å².